The van der Waals surface area contributed by atoms with Gasteiger partial charge in [0.15, 0.2) is 0 Å². The lowest BCUT2D eigenvalue weighted by Crippen LogP contribution is -2.50. The van der Waals surface area contributed by atoms with Crippen LogP contribution in [-0.2, 0) is 4.79 Å². The Morgan fingerprint density at radius 1 is 1.31 bits per heavy atom. The number of carboxylic acids is 1. The lowest BCUT2D eigenvalue weighted by molar-refractivity contribution is -0.243. The molecule has 0 spiro atoms. The topological polar surface area (TPSA) is 57.5 Å². The molecular weight excluding hydrogens is 189 g/mol. The van der Waals surface area contributed by atoms with Crippen molar-refractivity contribution in [2.24, 2.45) is 0 Å². The second kappa shape index (κ2) is 3.37. The summed E-state index contributed by atoms with van der Waals surface area (Å²) in [6, 6.07) is 0. The Balaban J connectivity index is 5.22. The highest BCUT2D eigenvalue weighted by molar-refractivity contribution is 5.81. The van der Waals surface area contributed by atoms with Crippen LogP contribution in [0.4, 0.5) is 13.2 Å². The van der Waals surface area contributed by atoms with Crippen LogP contribution in [0.2, 0.25) is 0 Å². The third kappa shape index (κ3) is 2.45. The highest BCUT2D eigenvalue weighted by atomic mass is 19.4. The largest absolute Gasteiger partial charge is 0.479 e. The van der Waals surface area contributed by atoms with Crippen LogP contribution in [0.15, 0.2) is 11.6 Å². The number of carboxylic acid groups (broad SMARTS) is 1. The van der Waals surface area contributed by atoms with E-state index in [2.05, 4.69) is 0 Å². The maximum Gasteiger partial charge on any atom is 0.431 e. The predicted octanol–water partition coefficient (Wildman–Crippen LogP) is 1.33. The molecule has 0 rings (SSSR count). The minimum Gasteiger partial charge on any atom is -0.479 e. The van der Waals surface area contributed by atoms with Crippen LogP contribution in [-0.4, -0.2) is 28.0 Å². The van der Waals surface area contributed by atoms with Crippen molar-refractivity contribution < 1.29 is 28.2 Å². The van der Waals surface area contributed by atoms with Crippen molar-refractivity contribution in [1.29, 1.82) is 0 Å². The number of rotatable bonds is 2. The number of hydrogen-bond acceptors (Lipinski definition) is 2. The fourth-order valence-electron chi connectivity index (χ4n) is 0.683. The number of allylic oxidation sites excluding steroid dienone is 1. The smallest absolute Gasteiger partial charge is 0.431 e. The number of hydrogen-bond donors (Lipinski definition) is 2. The number of alkyl halides is 3. The average molecular weight is 198 g/mol. The first-order valence-electron chi connectivity index (χ1n) is 3.30. The van der Waals surface area contributed by atoms with Gasteiger partial charge in [-0.2, -0.15) is 13.2 Å². The third-order valence-electron chi connectivity index (χ3n) is 1.26. The molecule has 0 fully saturated rings. The first-order chi connectivity index (χ1) is 5.61. The van der Waals surface area contributed by atoms with E-state index in [1.807, 2.05) is 0 Å². The Morgan fingerprint density at radius 3 is 1.77 bits per heavy atom. The first kappa shape index (κ1) is 12.0. The molecule has 1 atom stereocenters. The van der Waals surface area contributed by atoms with Gasteiger partial charge in [-0.15, -0.1) is 0 Å². The Kier molecular flexibility index (Phi) is 3.10. The minimum absolute atomic E-state index is 0.0715. The summed E-state index contributed by atoms with van der Waals surface area (Å²) in [4.78, 5) is 10.2. The molecule has 0 aromatic rings. The van der Waals surface area contributed by atoms with Gasteiger partial charge in [0.05, 0.1) is 0 Å². The molecule has 0 bridgehead atoms. The van der Waals surface area contributed by atoms with Crippen molar-refractivity contribution in [3.05, 3.63) is 11.6 Å². The average Bonchev–Trinajstić information content (AvgIpc) is 1.82. The van der Waals surface area contributed by atoms with Gasteiger partial charge in [-0.3, -0.25) is 0 Å². The Morgan fingerprint density at radius 2 is 1.69 bits per heavy atom. The molecule has 0 heterocycles. The van der Waals surface area contributed by atoms with Crippen molar-refractivity contribution in [2.75, 3.05) is 0 Å². The summed E-state index contributed by atoms with van der Waals surface area (Å²) in [6.45, 7) is 2.53. The normalized spacial score (nSPS) is 16.2. The molecule has 3 nitrogen and oxygen atoms in total. The van der Waals surface area contributed by atoms with Crippen LogP contribution in [0.3, 0.4) is 0 Å². The van der Waals surface area contributed by atoms with Crippen molar-refractivity contribution in [2.45, 2.75) is 25.6 Å². The minimum atomic E-state index is -5.21. The third-order valence-corrected chi connectivity index (χ3v) is 1.26. The molecule has 0 aliphatic rings. The maximum absolute atomic E-state index is 12.0. The summed E-state index contributed by atoms with van der Waals surface area (Å²) >= 11 is 0. The molecule has 0 saturated heterocycles. The maximum atomic E-state index is 12.0. The van der Waals surface area contributed by atoms with Crippen LogP contribution in [0.5, 0.6) is 0 Å². The van der Waals surface area contributed by atoms with Gasteiger partial charge in [-0.1, -0.05) is 5.57 Å². The van der Waals surface area contributed by atoms with Crippen LogP contribution < -0.4 is 0 Å². The number of aliphatic carboxylic acids is 1. The van der Waals surface area contributed by atoms with E-state index in [0.717, 1.165) is 0 Å². The molecule has 0 amide bonds. The molecular formula is C7H9F3O3. The van der Waals surface area contributed by atoms with Gasteiger partial charge in [0.1, 0.15) is 0 Å². The summed E-state index contributed by atoms with van der Waals surface area (Å²) in [5, 5.41) is 17.0. The van der Waals surface area contributed by atoms with E-state index in [1.54, 1.807) is 0 Å². The monoisotopic (exact) mass is 198 g/mol. The zero-order valence-electron chi connectivity index (χ0n) is 7.01. The second-order valence-electron chi connectivity index (χ2n) is 2.79. The highest BCUT2D eigenvalue weighted by Gasteiger charge is 2.58. The van der Waals surface area contributed by atoms with Crippen molar-refractivity contribution in [3.8, 4) is 0 Å². The number of halogens is 3. The lowest BCUT2D eigenvalue weighted by Gasteiger charge is -2.22. The van der Waals surface area contributed by atoms with Gasteiger partial charge in [-0.05, 0) is 19.9 Å². The van der Waals surface area contributed by atoms with Crippen LogP contribution in [0.1, 0.15) is 13.8 Å². The van der Waals surface area contributed by atoms with Gasteiger partial charge < -0.3 is 10.2 Å². The van der Waals surface area contributed by atoms with Crippen molar-refractivity contribution >= 4 is 5.97 Å². The van der Waals surface area contributed by atoms with E-state index in [9.17, 15) is 18.0 Å². The summed E-state index contributed by atoms with van der Waals surface area (Å²) in [7, 11) is 0. The van der Waals surface area contributed by atoms with Gasteiger partial charge >= 0.3 is 12.1 Å². The van der Waals surface area contributed by atoms with E-state index in [0.29, 0.717) is 0 Å². The molecule has 2 N–H and O–H groups in total. The standard InChI is InChI=1S/C7H9F3O3/c1-4(2)3-6(13,5(11)12)7(8,9)10/h3,13H,1-2H3,(H,11,12). The SMILES string of the molecule is CC(C)=CC(O)(C(=O)O)C(F)(F)F. The van der Waals surface area contributed by atoms with Gasteiger partial charge in [0.25, 0.3) is 5.60 Å². The van der Waals surface area contributed by atoms with Crippen LogP contribution in [0, 0.1) is 0 Å². The zero-order chi connectivity index (χ0) is 10.9. The van der Waals surface area contributed by atoms with E-state index < -0.39 is 17.7 Å². The summed E-state index contributed by atoms with van der Waals surface area (Å²) in [6.07, 6.45) is -4.95. The Labute approximate surface area is 72.5 Å². The van der Waals surface area contributed by atoms with Gasteiger partial charge in [0, 0.05) is 0 Å². The molecule has 76 valence electrons. The molecule has 1 unspecified atom stereocenters. The number of carbonyl (C=O) groups is 1. The second-order valence-corrected chi connectivity index (χ2v) is 2.79. The van der Waals surface area contributed by atoms with E-state index in [4.69, 9.17) is 10.2 Å². The zero-order valence-corrected chi connectivity index (χ0v) is 7.01. The first-order valence-corrected chi connectivity index (χ1v) is 3.30. The van der Waals surface area contributed by atoms with E-state index in [-0.39, 0.29) is 11.6 Å². The van der Waals surface area contributed by atoms with Crippen LogP contribution >= 0.6 is 0 Å². The van der Waals surface area contributed by atoms with Crippen molar-refractivity contribution in [1.82, 2.24) is 0 Å². The predicted molar refractivity (Wildman–Crippen MR) is 38.1 cm³/mol. The van der Waals surface area contributed by atoms with Gasteiger partial charge in [0.2, 0.25) is 0 Å². The van der Waals surface area contributed by atoms with Gasteiger partial charge in [-0.25, -0.2) is 4.79 Å². The molecule has 0 aliphatic carbocycles. The van der Waals surface area contributed by atoms with E-state index >= 15 is 0 Å². The quantitative estimate of drug-likeness (QED) is 0.658. The van der Waals surface area contributed by atoms with Crippen LogP contribution in [0.25, 0.3) is 0 Å². The Bertz CT molecular complexity index is 240. The van der Waals surface area contributed by atoms with E-state index in [1.165, 1.54) is 13.8 Å². The number of aliphatic hydroxyl groups is 1. The molecule has 0 aromatic carbocycles. The van der Waals surface area contributed by atoms with Crippen molar-refractivity contribution in [3.63, 3.8) is 0 Å². The molecule has 6 heteroatoms. The fraction of sp³-hybridized carbons (Fsp3) is 0.571. The molecule has 0 radical (unpaired) electrons. The summed E-state index contributed by atoms with van der Waals surface area (Å²) in [5.74, 6) is -2.33. The molecule has 0 saturated carbocycles. The highest BCUT2D eigenvalue weighted by Crippen LogP contribution is 2.32. The lowest BCUT2D eigenvalue weighted by atomic mass is 10.0. The Hall–Kier alpha value is -1.04. The summed E-state index contributed by atoms with van der Waals surface area (Å²) in [5.41, 5.74) is -3.71. The molecule has 13 heavy (non-hydrogen) atoms. The summed E-state index contributed by atoms with van der Waals surface area (Å²) < 4.78 is 36.1. The molecule has 0 aliphatic heterocycles. The molecule has 0 aromatic heterocycles. The fourth-order valence-corrected chi connectivity index (χ4v) is 0.683.